The molecule has 188 valence electrons. The van der Waals surface area contributed by atoms with Crippen LogP contribution in [0.1, 0.15) is 43.9 Å². The van der Waals surface area contributed by atoms with Gasteiger partial charge < -0.3 is 14.4 Å². The maximum Gasteiger partial charge on any atom is 0.419 e. The predicted molar refractivity (Wildman–Crippen MR) is 136 cm³/mol. The van der Waals surface area contributed by atoms with E-state index in [4.69, 9.17) is 23.2 Å². The largest absolute Gasteiger partial charge is 0.419 e. The van der Waals surface area contributed by atoms with Crippen molar-refractivity contribution < 1.29 is 13.2 Å². The van der Waals surface area contributed by atoms with Crippen LogP contribution in [0.15, 0.2) is 36.7 Å². The smallest absolute Gasteiger partial charge is 0.370 e. The standard InChI is InChI=1S/C26H29Cl2F3N4/c1-3-33-8-4-5-17(12-33)18-13-34(14-18)20-10-24-25(32-11-20)22(26(29,30)31)15-35(24)16(2)21-7-6-19(27)9-23(21)28/h6-7,9-11,15-18H,3-5,8,12-14H2,1-2H3/t16?,17-/m0/s1. The number of pyridine rings is 1. The van der Waals surface area contributed by atoms with Crippen LogP contribution >= 0.6 is 23.2 Å². The molecular formula is C26H29Cl2F3N4. The van der Waals surface area contributed by atoms with Crippen molar-refractivity contribution in [3.05, 3.63) is 57.8 Å². The normalized spacial score (nSPS) is 20.9. The van der Waals surface area contributed by atoms with Gasteiger partial charge >= 0.3 is 6.18 Å². The van der Waals surface area contributed by atoms with Gasteiger partial charge in [-0.2, -0.15) is 13.2 Å². The van der Waals surface area contributed by atoms with Crippen LogP contribution in [0.25, 0.3) is 11.0 Å². The van der Waals surface area contributed by atoms with Gasteiger partial charge in [-0.05, 0) is 68.5 Å². The molecule has 9 heteroatoms. The van der Waals surface area contributed by atoms with Gasteiger partial charge in [0.25, 0.3) is 0 Å². The first kappa shape index (κ1) is 24.7. The number of alkyl halides is 3. The minimum Gasteiger partial charge on any atom is -0.370 e. The van der Waals surface area contributed by atoms with E-state index in [-0.39, 0.29) is 5.52 Å². The highest BCUT2D eigenvalue weighted by atomic mass is 35.5. The van der Waals surface area contributed by atoms with Crippen LogP contribution in [0.5, 0.6) is 0 Å². The van der Waals surface area contributed by atoms with Gasteiger partial charge in [0.2, 0.25) is 0 Å². The molecule has 2 atom stereocenters. The van der Waals surface area contributed by atoms with Crippen molar-refractivity contribution in [2.45, 2.75) is 38.9 Å². The lowest BCUT2D eigenvalue weighted by Gasteiger charge is -2.47. The van der Waals surface area contributed by atoms with Gasteiger partial charge in [0.05, 0.1) is 29.0 Å². The van der Waals surface area contributed by atoms with Crippen molar-refractivity contribution in [1.29, 1.82) is 0 Å². The molecule has 0 bridgehead atoms. The van der Waals surface area contributed by atoms with Crippen molar-refractivity contribution >= 4 is 39.9 Å². The number of halogens is 5. The number of hydrogen-bond donors (Lipinski definition) is 0. The van der Waals surface area contributed by atoms with Crippen LogP contribution in [-0.4, -0.2) is 47.2 Å². The molecule has 2 saturated heterocycles. The van der Waals surface area contributed by atoms with Gasteiger partial charge in [-0.3, -0.25) is 4.98 Å². The Bertz CT molecular complexity index is 1220. The summed E-state index contributed by atoms with van der Waals surface area (Å²) in [7, 11) is 0. The van der Waals surface area contributed by atoms with E-state index in [0.29, 0.717) is 33.0 Å². The van der Waals surface area contributed by atoms with E-state index >= 15 is 0 Å². The second-order valence-corrected chi connectivity index (χ2v) is 10.7. The first-order valence-electron chi connectivity index (χ1n) is 12.2. The Hall–Kier alpha value is -1.96. The topological polar surface area (TPSA) is 24.3 Å². The maximum atomic E-state index is 13.9. The molecule has 2 fully saturated rings. The van der Waals surface area contributed by atoms with E-state index in [9.17, 15) is 13.2 Å². The fourth-order valence-electron chi connectivity index (χ4n) is 5.59. The summed E-state index contributed by atoms with van der Waals surface area (Å²) in [6.45, 7) is 9.29. The highest BCUT2D eigenvalue weighted by Gasteiger charge is 2.38. The van der Waals surface area contributed by atoms with Crippen molar-refractivity contribution in [3.63, 3.8) is 0 Å². The molecule has 0 amide bonds. The molecule has 5 rings (SSSR count). The minimum absolute atomic E-state index is 0.0406. The number of benzene rings is 1. The molecule has 0 spiro atoms. The molecule has 2 aliphatic heterocycles. The summed E-state index contributed by atoms with van der Waals surface area (Å²) in [5.74, 6) is 1.30. The molecule has 2 aromatic heterocycles. The number of rotatable bonds is 5. The van der Waals surface area contributed by atoms with E-state index in [1.54, 1.807) is 29.0 Å². The van der Waals surface area contributed by atoms with Crippen LogP contribution < -0.4 is 4.90 Å². The van der Waals surface area contributed by atoms with Crippen LogP contribution in [0, 0.1) is 11.8 Å². The first-order valence-corrected chi connectivity index (χ1v) is 12.9. The lowest BCUT2D eigenvalue weighted by Crippen LogP contribution is -2.53. The molecule has 4 nitrogen and oxygen atoms in total. The molecule has 1 aromatic carbocycles. The molecule has 4 heterocycles. The van der Waals surface area contributed by atoms with Crippen LogP contribution in [0.4, 0.5) is 18.9 Å². The number of anilines is 1. The lowest BCUT2D eigenvalue weighted by molar-refractivity contribution is -0.136. The van der Waals surface area contributed by atoms with Gasteiger partial charge in [0.15, 0.2) is 0 Å². The Morgan fingerprint density at radius 2 is 1.89 bits per heavy atom. The van der Waals surface area contributed by atoms with E-state index in [1.807, 2.05) is 13.0 Å². The Kier molecular flexibility index (Phi) is 6.70. The lowest BCUT2D eigenvalue weighted by atomic mass is 9.80. The number of likely N-dealkylation sites (tertiary alicyclic amines) is 1. The number of aromatic nitrogens is 2. The number of fused-ring (bicyclic) bond motifs is 1. The summed E-state index contributed by atoms with van der Waals surface area (Å²) in [6, 6.07) is 6.48. The second kappa shape index (κ2) is 9.49. The Morgan fingerprint density at radius 3 is 2.57 bits per heavy atom. The molecule has 0 N–H and O–H groups in total. The van der Waals surface area contributed by atoms with Crippen LogP contribution in [-0.2, 0) is 6.18 Å². The summed E-state index contributed by atoms with van der Waals surface area (Å²) < 4.78 is 43.2. The molecular weight excluding hydrogens is 496 g/mol. The van der Waals surface area contributed by atoms with Crippen molar-refractivity contribution in [2.24, 2.45) is 11.8 Å². The molecule has 0 radical (unpaired) electrons. The number of hydrogen-bond acceptors (Lipinski definition) is 3. The zero-order chi connectivity index (χ0) is 24.9. The SMILES string of the molecule is CCN1CCC[C@H](C2CN(c3cnc4c(C(F)(F)F)cn(C(C)c5ccc(Cl)cc5Cl)c4c3)C2)C1. The number of nitrogens with zero attached hydrogens (tertiary/aromatic N) is 4. The van der Waals surface area contributed by atoms with E-state index < -0.39 is 17.8 Å². The summed E-state index contributed by atoms with van der Waals surface area (Å²) in [5, 5.41) is 0.902. The van der Waals surface area contributed by atoms with Gasteiger partial charge in [-0.1, -0.05) is 36.2 Å². The van der Waals surface area contributed by atoms with Crippen LogP contribution in [0.3, 0.4) is 0 Å². The Labute approximate surface area is 213 Å². The highest BCUT2D eigenvalue weighted by molar-refractivity contribution is 6.35. The zero-order valence-electron chi connectivity index (χ0n) is 19.8. The fourth-order valence-corrected chi connectivity index (χ4v) is 6.16. The molecule has 3 aromatic rings. The molecule has 1 unspecified atom stereocenters. The Balaban J connectivity index is 1.45. The van der Waals surface area contributed by atoms with E-state index in [1.165, 1.54) is 19.4 Å². The van der Waals surface area contributed by atoms with Gasteiger partial charge in [-0.25, -0.2) is 0 Å². The van der Waals surface area contributed by atoms with Gasteiger partial charge in [0, 0.05) is 35.9 Å². The van der Waals surface area contributed by atoms with E-state index in [0.717, 1.165) is 38.1 Å². The fraction of sp³-hybridized carbons (Fsp3) is 0.500. The average Bonchev–Trinajstić information content (AvgIpc) is 3.17. The summed E-state index contributed by atoms with van der Waals surface area (Å²) >= 11 is 12.4. The summed E-state index contributed by atoms with van der Waals surface area (Å²) in [5.41, 5.74) is 1.24. The summed E-state index contributed by atoms with van der Waals surface area (Å²) in [6.07, 6.45) is 0.717. The highest BCUT2D eigenvalue weighted by Crippen LogP contribution is 2.41. The van der Waals surface area contributed by atoms with Gasteiger partial charge in [0.1, 0.15) is 5.52 Å². The molecule has 2 aliphatic rings. The summed E-state index contributed by atoms with van der Waals surface area (Å²) in [4.78, 5) is 9.04. The van der Waals surface area contributed by atoms with Crippen LogP contribution in [0.2, 0.25) is 10.0 Å². The first-order chi connectivity index (χ1) is 16.7. The third-order valence-corrected chi connectivity index (χ3v) is 8.28. The van der Waals surface area contributed by atoms with Gasteiger partial charge in [-0.15, -0.1) is 0 Å². The molecule has 0 saturated carbocycles. The van der Waals surface area contributed by atoms with Crippen molar-refractivity contribution in [1.82, 2.24) is 14.5 Å². The second-order valence-electron chi connectivity index (χ2n) is 9.81. The van der Waals surface area contributed by atoms with Crippen molar-refractivity contribution in [3.8, 4) is 0 Å². The number of piperidine rings is 1. The molecule has 0 aliphatic carbocycles. The third kappa shape index (κ3) is 4.75. The predicted octanol–water partition coefficient (Wildman–Crippen LogP) is 7.14. The maximum absolute atomic E-state index is 13.9. The quantitative estimate of drug-likeness (QED) is 0.354. The van der Waals surface area contributed by atoms with E-state index in [2.05, 4.69) is 21.7 Å². The molecule has 35 heavy (non-hydrogen) atoms. The minimum atomic E-state index is -4.50. The monoisotopic (exact) mass is 524 g/mol. The Morgan fingerprint density at radius 1 is 1.11 bits per heavy atom. The van der Waals surface area contributed by atoms with Crippen molar-refractivity contribution in [2.75, 3.05) is 37.6 Å². The third-order valence-electron chi connectivity index (χ3n) is 7.72. The average molecular weight is 525 g/mol. The zero-order valence-corrected chi connectivity index (χ0v) is 21.3.